The number of nitrogens with zero attached hydrogens (tertiary/aromatic N) is 4. The summed E-state index contributed by atoms with van der Waals surface area (Å²) in [6.07, 6.45) is -4.43. The average Bonchev–Trinajstić information content (AvgIpc) is 3.58. The number of likely N-dealkylation sites (tertiary alicyclic amines) is 1. The van der Waals surface area contributed by atoms with E-state index in [-0.39, 0.29) is 48.4 Å². The Kier molecular flexibility index (Phi) is 13.6. The molecule has 16 nitrogen and oxygen atoms in total. The fourth-order valence-corrected chi connectivity index (χ4v) is 5.91. The fourth-order valence-electron chi connectivity index (χ4n) is 5.91. The summed E-state index contributed by atoms with van der Waals surface area (Å²) in [5, 5.41) is 12.5. The first-order chi connectivity index (χ1) is 25.8. The number of esters is 1. The lowest BCUT2D eigenvalue weighted by Gasteiger charge is -2.35. The first kappa shape index (κ1) is 42.2. The molecule has 5 amide bonds. The molecular weight excluding hydrogens is 714 g/mol. The minimum absolute atomic E-state index is 0.00166. The van der Waals surface area contributed by atoms with Crippen molar-refractivity contribution in [2.75, 3.05) is 43.6 Å². The number of carbonyl (C=O) groups is 6. The first-order valence-electron chi connectivity index (χ1n) is 17.9. The van der Waals surface area contributed by atoms with Crippen LogP contribution in [0.3, 0.4) is 0 Å². The first-order valence-corrected chi connectivity index (χ1v) is 17.9. The van der Waals surface area contributed by atoms with Crippen molar-refractivity contribution in [3.8, 4) is 6.07 Å². The Morgan fingerprint density at radius 2 is 1.67 bits per heavy atom. The van der Waals surface area contributed by atoms with E-state index in [0.717, 1.165) is 13.3 Å². The second-order valence-electron chi connectivity index (χ2n) is 15.2. The Morgan fingerprint density at radius 3 is 2.25 bits per heavy atom. The molecule has 0 saturated carbocycles. The molecule has 2 aliphatic rings. The van der Waals surface area contributed by atoms with Crippen LogP contribution in [0.1, 0.15) is 71.6 Å². The van der Waals surface area contributed by atoms with Crippen molar-refractivity contribution >= 4 is 47.3 Å². The van der Waals surface area contributed by atoms with Crippen LogP contribution >= 0.6 is 0 Å². The van der Waals surface area contributed by atoms with Crippen molar-refractivity contribution in [2.24, 2.45) is 0 Å². The number of morpholine rings is 1. The van der Waals surface area contributed by atoms with Gasteiger partial charge < -0.3 is 38.8 Å². The average molecular weight is 764 g/mol. The molecule has 2 aliphatic heterocycles. The fraction of sp³-hybridized carbons (Fsp3) is 0.513. The van der Waals surface area contributed by atoms with Crippen LogP contribution < -0.4 is 10.2 Å². The summed E-state index contributed by atoms with van der Waals surface area (Å²) >= 11 is 0. The largest absolute Gasteiger partial charge is 0.449 e. The smallest absolute Gasteiger partial charge is 0.420 e. The van der Waals surface area contributed by atoms with Crippen molar-refractivity contribution in [2.45, 2.75) is 97.4 Å². The zero-order valence-electron chi connectivity index (χ0n) is 32.5. The van der Waals surface area contributed by atoms with Gasteiger partial charge in [0.25, 0.3) is 11.8 Å². The maximum atomic E-state index is 13.9. The predicted octanol–water partition coefficient (Wildman–Crippen LogP) is 4.32. The van der Waals surface area contributed by atoms with Crippen molar-refractivity contribution < 1.29 is 52.5 Å². The van der Waals surface area contributed by atoms with Crippen molar-refractivity contribution in [1.82, 2.24) is 9.80 Å². The molecule has 2 heterocycles. The maximum absolute atomic E-state index is 13.9. The van der Waals surface area contributed by atoms with E-state index in [0.29, 0.717) is 29.2 Å². The molecule has 2 saturated heterocycles. The van der Waals surface area contributed by atoms with E-state index in [2.05, 4.69) is 5.32 Å². The normalized spacial score (nSPS) is 17.8. The van der Waals surface area contributed by atoms with Crippen molar-refractivity contribution in [3.05, 3.63) is 59.2 Å². The van der Waals surface area contributed by atoms with Crippen LogP contribution in [0.5, 0.6) is 0 Å². The van der Waals surface area contributed by atoms with Crippen LogP contribution in [0.25, 0.3) is 0 Å². The van der Waals surface area contributed by atoms with Crippen LogP contribution in [0.2, 0.25) is 0 Å². The van der Waals surface area contributed by atoms with E-state index in [1.165, 1.54) is 23.1 Å². The molecule has 1 N–H and O–H groups in total. The van der Waals surface area contributed by atoms with Gasteiger partial charge in [-0.1, -0.05) is 12.1 Å². The highest BCUT2D eigenvalue weighted by Crippen LogP contribution is 2.26. The van der Waals surface area contributed by atoms with E-state index in [1.54, 1.807) is 77.8 Å². The van der Waals surface area contributed by atoms with Crippen molar-refractivity contribution in [3.63, 3.8) is 0 Å². The van der Waals surface area contributed by atoms with Crippen LogP contribution in [-0.4, -0.2) is 109 Å². The summed E-state index contributed by atoms with van der Waals surface area (Å²) in [5.74, 6) is -2.48. The molecule has 2 aromatic rings. The van der Waals surface area contributed by atoms with Gasteiger partial charge in [0, 0.05) is 45.0 Å². The molecule has 3 atom stereocenters. The number of amides is 5. The van der Waals surface area contributed by atoms with Gasteiger partial charge in [0.1, 0.15) is 11.2 Å². The van der Waals surface area contributed by atoms with Crippen LogP contribution in [0.15, 0.2) is 42.5 Å². The van der Waals surface area contributed by atoms with Gasteiger partial charge in [-0.3, -0.25) is 19.2 Å². The number of benzene rings is 2. The zero-order chi connectivity index (χ0) is 40.7. The highest BCUT2D eigenvalue weighted by Gasteiger charge is 2.43. The number of nitriles is 1. The molecule has 4 rings (SSSR count). The van der Waals surface area contributed by atoms with Gasteiger partial charge in [-0.2, -0.15) is 5.26 Å². The third kappa shape index (κ3) is 11.7. The van der Waals surface area contributed by atoms with E-state index >= 15 is 0 Å². The van der Waals surface area contributed by atoms with Gasteiger partial charge >= 0.3 is 18.2 Å². The molecule has 55 heavy (non-hydrogen) atoms. The lowest BCUT2D eigenvalue weighted by Crippen LogP contribution is -2.56. The number of nitrogens with one attached hydrogen (secondary N) is 1. The number of anilines is 2. The monoisotopic (exact) mass is 763 g/mol. The Morgan fingerprint density at radius 1 is 1.00 bits per heavy atom. The Hall–Kier alpha value is -5.53. The number of ether oxygens (including phenoxy) is 5. The second kappa shape index (κ2) is 17.7. The van der Waals surface area contributed by atoms with Gasteiger partial charge in [-0.15, -0.1) is 0 Å². The Labute approximate surface area is 320 Å². The highest BCUT2D eigenvalue weighted by atomic mass is 16.6. The predicted molar refractivity (Wildman–Crippen MR) is 198 cm³/mol. The highest BCUT2D eigenvalue weighted by molar-refractivity contribution is 6.04. The van der Waals surface area contributed by atoms with Gasteiger partial charge in [0.05, 0.1) is 37.3 Å². The van der Waals surface area contributed by atoms with E-state index in [1.807, 2.05) is 6.07 Å². The molecule has 0 radical (unpaired) electrons. The number of hydrogen-bond acceptors (Lipinski definition) is 12. The molecule has 0 bridgehead atoms. The summed E-state index contributed by atoms with van der Waals surface area (Å²) < 4.78 is 27.3. The molecule has 0 spiro atoms. The van der Waals surface area contributed by atoms with E-state index in [4.69, 9.17) is 23.7 Å². The zero-order valence-corrected chi connectivity index (χ0v) is 32.5. The van der Waals surface area contributed by atoms with Crippen LogP contribution in [0.4, 0.5) is 21.0 Å². The minimum Gasteiger partial charge on any atom is -0.449 e. The molecule has 0 unspecified atom stereocenters. The number of imide groups is 1. The van der Waals surface area contributed by atoms with Gasteiger partial charge in [0.2, 0.25) is 12.0 Å². The number of methoxy groups -OCH3 is 1. The Bertz CT molecular complexity index is 1800. The SMILES string of the molecule is CO[C@H]1CCN(C(=O)Cc2cccc(N3CCO[C@H]([C@@H](OC(C)=O)C(=O)Nc4ccc(C#N)c(CN(C(=O)OC(C)(C)C)C(=O)OC(C)(C)C)c4)C3=O)c2)C1. The summed E-state index contributed by atoms with van der Waals surface area (Å²) in [5.41, 5.74) is -0.447. The van der Waals surface area contributed by atoms with E-state index < -0.39 is 59.9 Å². The second-order valence-corrected chi connectivity index (χ2v) is 15.2. The maximum Gasteiger partial charge on any atom is 0.420 e. The molecule has 2 fully saturated rings. The molecule has 0 aromatic heterocycles. The lowest BCUT2D eigenvalue weighted by atomic mass is 10.1. The number of hydrogen-bond donors (Lipinski definition) is 1. The van der Waals surface area contributed by atoms with Crippen LogP contribution in [0, 0.1) is 11.3 Å². The Balaban J connectivity index is 1.55. The van der Waals surface area contributed by atoms with Crippen molar-refractivity contribution in [1.29, 1.82) is 5.26 Å². The minimum atomic E-state index is -1.74. The summed E-state index contributed by atoms with van der Waals surface area (Å²) in [6, 6.07) is 13.1. The third-order valence-corrected chi connectivity index (χ3v) is 8.41. The lowest BCUT2D eigenvalue weighted by molar-refractivity contribution is -0.167. The quantitative estimate of drug-likeness (QED) is 0.267. The van der Waals surface area contributed by atoms with Gasteiger partial charge in [0.15, 0.2) is 6.10 Å². The number of rotatable bonds is 10. The summed E-state index contributed by atoms with van der Waals surface area (Å²) in [4.78, 5) is 83.1. The summed E-state index contributed by atoms with van der Waals surface area (Å²) in [7, 11) is 1.62. The third-order valence-electron chi connectivity index (χ3n) is 8.41. The molecule has 0 aliphatic carbocycles. The number of carbonyl (C=O) groups excluding carboxylic acids is 6. The molecule has 296 valence electrons. The van der Waals surface area contributed by atoms with Gasteiger partial charge in [-0.25, -0.2) is 14.5 Å². The van der Waals surface area contributed by atoms with E-state index in [9.17, 15) is 34.0 Å². The molecular formula is C39H49N5O11. The van der Waals surface area contributed by atoms with Crippen LogP contribution in [-0.2, 0) is 55.8 Å². The molecule has 2 aromatic carbocycles. The summed E-state index contributed by atoms with van der Waals surface area (Å²) in [6.45, 7) is 11.6. The topological polar surface area (TPSA) is 194 Å². The van der Waals surface area contributed by atoms with Gasteiger partial charge in [-0.05, 0) is 89.4 Å². The molecule has 16 heteroatoms. The standard InChI is InChI=1S/C39H49N5O11/c1-24(45)53-32(33-35(48)43(16-17-52-33)29-11-9-10-25(18-29)19-31(46)42-15-14-30(23-42)51-8)34(47)41-28-13-12-26(21-40)27(20-28)22-44(36(49)54-38(2,3)4)37(50)55-39(5,6)7/h9-13,18,20,30,32-33H,14-17,19,22-23H2,1-8H3,(H,41,47)/t30-,32+,33+/m0/s1.